The molecule has 0 unspecified atom stereocenters. The van der Waals surface area contributed by atoms with Crippen LogP contribution in [0, 0.1) is 6.92 Å². The number of nitrogens with one attached hydrogen (secondary N) is 2. The third-order valence-corrected chi connectivity index (χ3v) is 3.71. The molecule has 0 saturated carbocycles. The maximum Gasteiger partial charge on any atom is 0.274 e. The topological polar surface area (TPSA) is 76.1 Å². The third kappa shape index (κ3) is 5.30. The second-order valence-electron chi connectivity index (χ2n) is 4.93. The number of carbonyl (C=O) groups excluding carboxylic acids is 1. The summed E-state index contributed by atoms with van der Waals surface area (Å²) in [5.74, 6) is 0.167. The van der Waals surface area contributed by atoms with Crippen LogP contribution >= 0.6 is 15.9 Å². The molecule has 0 fully saturated rings. The molecule has 0 radical (unpaired) electrons. The summed E-state index contributed by atoms with van der Waals surface area (Å²) >= 11 is 3.40. The molecule has 6 nitrogen and oxygen atoms in total. The number of ether oxygens (including phenoxy) is 1. The minimum atomic E-state index is -0.276. The van der Waals surface area contributed by atoms with Crippen molar-refractivity contribution in [2.24, 2.45) is 0 Å². The molecule has 2 rings (SSSR count). The largest absolute Gasteiger partial charge is 0.385 e. The number of anilines is 2. The molecule has 2 aromatic rings. The van der Waals surface area contributed by atoms with Gasteiger partial charge in [-0.1, -0.05) is 12.1 Å². The van der Waals surface area contributed by atoms with Crippen LogP contribution in [0.15, 0.2) is 34.8 Å². The number of halogens is 1. The summed E-state index contributed by atoms with van der Waals surface area (Å²) < 4.78 is 5.81. The van der Waals surface area contributed by atoms with Gasteiger partial charge in [0.15, 0.2) is 0 Å². The standard InChI is InChI=1S/C16H19BrN4O2/c1-11-10-14(21-16(19-11)18-8-5-9-23-2)15(22)20-13-7-4-3-6-12(13)17/h3-4,6-7,10H,5,8-9H2,1-2H3,(H,20,22)(H,18,19,21). The van der Waals surface area contributed by atoms with Gasteiger partial charge < -0.3 is 15.4 Å². The number of para-hydroxylation sites is 1. The van der Waals surface area contributed by atoms with Crippen LogP contribution in [0.4, 0.5) is 11.6 Å². The minimum absolute atomic E-state index is 0.276. The van der Waals surface area contributed by atoms with Crippen molar-refractivity contribution >= 4 is 33.5 Å². The Balaban J connectivity index is 2.08. The lowest BCUT2D eigenvalue weighted by atomic mass is 10.3. The number of aromatic nitrogens is 2. The number of aryl methyl sites for hydroxylation is 1. The first-order valence-corrected chi connectivity index (χ1v) is 8.04. The Kier molecular flexibility index (Phi) is 6.49. The van der Waals surface area contributed by atoms with E-state index >= 15 is 0 Å². The van der Waals surface area contributed by atoms with Crippen LogP contribution in [-0.2, 0) is 4.74 Å². The molecule has 7 heteroatoms. The minimum Gasteiger partial charge on any atom is -0.385 e. The van der Waals surface area contributed by atoms with Crippen LogP contribution in [0.1, 0.15) is 22.6 Å². The second-order valence-corrected chi connectivity index (χ2v) is 5.78. The van der Waals surface area contributed by atoms with Gasteiger partial charge in [0.1, 0.15) is 5.69 Å². The maximum atomic E-state index is 12.4. The fraction of sp³-hybridized carbons (Fsp3) is 0.312. The Labute approximate surface area is 143 Å². The second kappa shape index (κ2) is 8.59. The molecule has 2 N–H and O–H groups in total. The Bertz CT molecular complexity index is 679. The average molecular weight is 379 g/mol. The summed E-state index contributed by atoms with van der Waals surface area (Å²) in [6, 6.07) is 9.08. The lowest BCUT2D eigenvalue weighted by Crippen LogP contribution is -2.17. The molecule has 1 amide bonds. The molecular weight excluding hydrogens is 360 g/mol. The van der Waals surface area contributed by atoms with Gasteiger partial charge in [0.05, 0.1) is 5.69 Å². The zero-order valence-electron chi connectivity index (χ0n) is 13.1. The molecule has 1 heterocycles. The molecule has 122 valence electrons. The number of amides is 1. The van der Waals surface area contributed by atoms with Crippen LogP contribution in [0.3, 0.4) is 0 Å². The predicted molar refractivity (Wildman–Crippen MR) is 93.8 cm³/mol. The molecular formula is C16H19BrN4O2. The van der Waals surface area contributed by atoms with Crippen LogP contribution < -0.4 is 10.6 Å². The van der Waals surface area contributed by atoms with E-state index in [4.69, 9.17) is 4.74 Å². The predicted octanol–water partition coefficient (Wildman–Crippen LogP) is 3.25. The van der Waals surface area contributed by atoms with E-state index in [0.29, 0.717) is 30.5 Å². The van der Waals surface area contributed by atoms with Crippen molar-refractivity contribution in [3.05, 3.63) is 46.2 Å². The first-order chi connectivity index (χ1) is 11.1. The van der Waals surface area contributed by atoms with Crippen LogP contribution in [0.25, 0.3) is 0 Å². The Hall–Kier alpha value is -1.99. The van der Waals surface area contributed by atoms with E-state index in [-0.39, 0.29) is 5.91 Å². The molecule has 0 bridgehead atoms. The zero-order chi connectivity index (χ0) is 16.7. The van der Waals surface area contributed by atoms with Gasteiger partial charge in [0, 0.05) is 30.4 Å². The molecule has 1 aromatic heterocycles. The maximum absolute atomic E-state index is 12.4. The third-order valence-electron chi connectivity index (χ3n) is 3.02. The Morgan fingerprint density at radius 1 is 1.30 bits per heavy atom. The van der Waals surface area contributed by atoms with Crippen molar-refractivity contribution in [2.75, 3.05) is 30.9 Å². The lowest BCUT2D eigenvalue weighted by molar-refractivity contribution is 0.102. The first kappa shape index (κ1) is 17.4. The van der Waals surface area contributed by atoms with Crippen molar-refractivity contribution in [1.29, 1.82) is 0 Å². The van der Waals surface area contributed by atoms with Gasteiger partial charge in [-0.3, -0.25) is 4.79 Å². The average Bonchev–Trinajstić information content (AvgIpc) is 2.53. The summed E-state index contributed by atoms with van der Waals surface area (Å²) in [7, 11) is 1.66. The van der Waals surface area contributed by atoms with E-state index in [1.165, 1.54) is 0 Å². The number of benzene rings is 1. The quantitative estimate of drug-likeness (QED) is 0.723. The molecule has 0 aliphatic rings. The summed E-state index contributed by atoms with van der Waals surface area (Å²) in [5, 5.41) is 5.93. The van der Waals surface area contributed by atoms with Crippen molar-refractivity contribution in [3.8, 4) is 0 Å². The number of hydrogen-bond donors (Lipinski definition) is 2. The highest BCUT2D eigenvalue weighted by atomic mass is 79.9. The van der Waals surface area contributed by atoms with E-state index in [9.17, 15) is 4.79 Å². The Morgan fingerprint density at radius 3 is 2.83 bits per heavy atom. The van der Waals surface area contributed by atoms with Crippen molar-refractivity contribution in [2.45, 2.75) is 13.3 Å². The highest BCUT2D eigenvalue weighted by molar-refractivity contribution is 9.10. The SMILES string of the molecule is COCCCNc1nc(C)cc(C(=O)Nc2ccccc2Br)n1. The molecule has 0 aliphatic carbocycles. The summed E-state index contributed by atoms with van der Waals surface area (Å²) in [6.07, 6.45) is 0.840. The molecule has 0 atom stereocenters. The number of hydrogen-bond acceptors (Lipinski definition) is 5. The van der Waals surface area contributed by atoms with Gasteiger partial charge in [0.2, 0.25) is 5.95 Å². The van der Waals surface area contributed by atoms with Crippen molar-refractivity contribution in [3.63, 3.8) is 0 Å². The van der Waals surface area contributed by atoms with Gasteiger partial charge in [-0.25, -0.2) is 9.97 Å². The fourth-order valence-electron chi connectivity index (χ4n) is 1.93. The van der Waals surface area contributed by atoms with Crippen LogP contribution in [-0.4, -0.2) is 36.1 Å². The Morgan fingerprint density at radius 2 is 2.09 bits per heavy atom. The normalized spacial score (nSPS) is 10.4. The number of rotatable bonds is 7. The smallest absolute Gasteiger partial charge is 0.274 e. The number of methoxy groups -OCH3 is 1. The highest BCUT2D eigenvalue weighted by Gasteiger charge is 2.12. The first-order valence-electron chi connectivity index (χ1n) is 7.24. The van der Waals surface area contributed by atoms with Crippen LogP contribution in [0.5, 0.6) is 0 Å². The van der Waals surface area contributed by atoms with Gasteiger partial charge in [0.25, 0.3) is 5.91 Å². The molecule has 1 aromatic carbocycles. The van der Waals surface area contributed by atoms with E-state index in [1.807, 2.05) is 31.2 Å². The summed E-state index contributed by atoms with van der Waals surface area (Å²) in [6.45, 7) is 3.17. The molecule has 0 saturated heterocycles. The number of carbonyl (C=O) groups is 1. The molecule has 0 spiro atoms. The van der Waals surface area contributed by atoms with E-state index < -0.39 is 0 Å². The zero-order valence-corrected chi connectivity index (χ0v) is 14.7. The van der Waals surface area contributed by atoms with Crippen LogP contribution in [0.2, 0.25) is 0 Å². The van der Waals surface area contributed by atoms with Gasteiger partial charge in [-0.05, 0) is 47.5 Å². The summed E-state index contributed by atoms with van der Waals surface area (Å²) in [4.78, 5) is 20.9. The lowest BCUT2D eigenvalue weighted by Gasteiger charge is -2.09. The van der Waals surface area contributed by atoms with Crippen molar-refractivity contribution < 1.29 is 9.53 Å². The monoisotopic (exact) mass is 378 g/mol. The van der Waals surface area contributed by atoms with E-state index in [0.717, 1.165) is 16.6 Å². The highest BCUT2D eigenvalue weighted by Crippen LogP contribution is 2.21. The van der Waals surface area contributed by atoms with Gasteiger partial charge in [-0.2, -0.15) is 0 Å². The molecule has 0 aliphatic heterocycles. The van der Waals surface area contributed by atoms with Crippen molar-refractivity contribution in [1.82, 2.24) is 9.97 Å². The summed E-state index contributed by atoms with van der Waals surface area (Å²) in [5.41, 5.74) is 1.75. The van der Waals surface area contributed by atoms with Gasteiger partial charge >= 0.3 is 0 Å². The molecule has 23 heavy (non-hydrogen) atoms. The fourth-order valence-corrected chi connectivity index (χ4v) is 2.31. The van der Waals surface area contributed by atoms with E-state index in [1.54, 1.807) is 13.2 Å². The number of nitrogens with zero attached hydrogens (tertiary/aromatic N) is 2. The van der Waals surface area contributed by atoms with Gasteiger partial charge in [-0.15, -0.1) is 0 Å². The van der Waals surface area contributed by atoms with E-state index in [2.05, 4.69) is 36.5 Å².